The fraction of sp³-hybridized carbons (Fsp3) is 0.667. The first-order valence-corrected chi connectivity index (χ1v) is 4.80. The third-order valence-corrected chi connectivity index (χ3v) is 1.64. The molecule has 0 aliphatic heterocycles. The minimum absolute atomic E-state index is 0.00709. The number of hydrazine groups is 1. The number of hydrogen-bond donors (Lipinski definition) is 3. The molecular weight excluding hydrogens is 214 g/mol. The van der Waals surface area contributed by atoms with Crippen LogP contribution in [0, 0.1) is 5.92 Å². The Labute approximate surface area is 93.8 Å². The van der Waals surface area contributed by atoms with Crippen LogP contribution in [0.4, 0.5) is 4.79 Å². The van der Waals surface area contributed by atoms with E-state index < -0.39 is 17.9 Å². The van der Waals surface area contributed by atoms with Crippen molar-refractivity contribution in [1.29, 1.82) is 0 Å². The highest BCUT2D eigenvalue weighted by atomic mass is 16.4. The highest BCUT2D eigenvalue weighted by molar-refractivity contribution is 5.94. The maximum atomic E-state index is 11.2. The van der Waals surface area contributed by atoms with E-state index >= 15 is 0 Å². The van der Waals surface area contributed by atoms with Crippen LogP contribution < -0.4 is 10.7 Å². The highest BCUT2D eigenvalue weighted by Gasteiger charge is 2.14. The number of nitrogens with one attached hydrogen (secondary N) is 2. The topological polar surface area (TPSA) is 98.7 Å². The molecule has 1 unspecified atom stereocenters. The Kier molecular flexibility index (Phi) is 6.09. The average molecular weight is 231 g/mol. The Morgan fingerprint density at radius 3 is 2.25 bits per heavy atom. The molecule has 0 aliphatic carbocycles. The lowest BCUT2D eigenvalue weighted by molar-refractivity contribution is -0.138. The smallest absolute Gasteiger partial charge is 0.335 e. The van der Waals surface area contributed by atoms with Crippen LogP contribution in [-0.2, 0) is 9.59 Å². The number of urea groups is 1. The van der Waals surface area contributed by atoms with Gasteiger partial charge in [-0.2, -0.15) is 0 Å². The third kappa shape index (κ3) is 7.74. The summed E-state index contributed by atoms with van der Waals surface area (Å²) >= 11 is 0. The Balaban J connectivity index is 3.90. The van der Waals surface area contributed by atoms with Gasteiger partial charge in [0.25, 0.3) is 0 Å². The zero-order valence-electron chi connectivity index (χ0n) is 9.61. The summed E-state index contributed by atoms with van der Waals surface area (Å²) in [6, 6.07) is -0.627. The first-order valence-electron chi connectivity index (χ1n) is 4.80. The molecule has 3 N–H and O–H groups in total. The van der Waals surface area contributed by atoms with E-state index in [-0.39, 0.29) is 18.8 Å². The molecule has 92 valence electrons. The summed E-state index contributed by atoms with van der Waals surface area (Å²) in [6.45, 7) is 1.64. The van der Waals surface area contributed by atoms with Crippen molar-refractivity contribution in [3.8, 4) is 0 Å². The van der Waals surface area contributed by atoms with E-state index in [1.165, 1.54) is 5.01 Å². The number of aliphatic carboxylic acids is 1. The molecule has 0 aliphatic rings. The van der Waals surface area contributed by atoms with Gasteiger partial charge in [0.2, 0.25) is 5.91 Å². The van der Waals surface area contributed by atoms with Crippen LogP contribution in [0.15, 0.2) is 0 Å². The van der Waals surface area contributed by atoms with Gasteiger partial charge in [0.05, 0.1) is 0 Å². The molecule has 7 heteroatoms. The Hall–Kier alpha value is -1.63. The molecular formula is C9H17N3O4. The fourth-order valence-electron chi connectivity index (χ4n) is 1.10. The standard InChI is InChI=1S/C9H17N3O4/c1-6(5-8(14)15)4-7(13)10-9(16)11-12(2)3/h6H,4-5H2,1-3H3,(H,14,15)(H2,10,11,13,16). The number of carboxylic acid groups (broad SMARTS) is 1. The SMILES string of the molecule is CC(CC(=O)O)CC(=O)NC(=O)NN(C)C. The molecule has 0 aromatic carbocycles. The second kappa shape index (κ2) is 6.78. The molecule has 0 saturated heterocycles. The summed E-state index contributed by atoms with van der Waals surface area (Å²) in [4.78, 5) is 32.7. The van der Waals surface area contributed by atoms with Gasteiger partial charge in [-0.3, -0.25) is 20.3 Å². The first-order chi connectivity index (χ1) is 7.31. The number of nitrogens with zero attached hydrogens (tertiary/aromatic N) is 1. The van der Waals surface area contributed by atoms with Crippen molar-refractivity contribution in [1.82, 2.24) is 15.8 Å². The van der Waals surface area contributed by atoms with E-state index in [4.69, 9.17) is 5.11 Å². The van der Waals surface area contributed by atoms with E-state index in [0.717, 1.165) is 0 Å². The summed E-state index contributed by atoms with van der Waals surface area (Å²) in [7, 11) is 3.22. The molecule has 0 fully saturated rings. The van der Waals surface area contributed by atoms with Crippen molar-refractivity contribution in [3.05, 3.63) is 0 Å². The summed E-state index contributed by atoms with van der Waals surface area (Å²) < 4.78 is 0. The molecule has 16 heavy (non-hydrogen) atoms. The lowest BCUT2D eigenvalue weighted by Crippen LogP contribution is -2.45. The van der Waals surface area contributed by atoms with E-state index in [0.29, 0.717) is 0 Å². The van der Waals surface area contributed by atoms with Crippen molar-refractivity contribution >= 4 is 17.9 Å². The van der Waals surface area contributed by atoms with E-state index in [1.54, 1.807) is 21.0 Å². The lowest BCUT2D eigenvalue weighted by atomic mass is 10.0. The molecule has 0 aromatic rings. The van der Waals surface area contributed by atoms with Crippen molar-refractivity contribution in [2.75, 3.05) is 14.1 Å². The fourth-order valence-corrected chi connectivity index (χ4v) is 1.10. The van der Waals surface area contributed by atoms with Crippen LogP contribution in [0.1, 0.15) is 19.8 Å². The minimum atomic E-state index is -0.960. The van der Waals surface area contributed by atoms with Gasteiger partial charge >= 0.3 is 12.0 Å². The number of carboxylic acids is 1. The normalized spacial score (nSPS) is 12.0. The highest BCUT2D eigenvalue weighted by Crippen LogP contribution is 2.06. The molecule has 0 saturated carbocycles. The summed E-state index contributed by atoms with van der Waals surface area (Å²) in [6.07, 6.45) is -0.0874. The van der Waals surface area contributed by atoms with Gasteiger partial charge in [-0.1, -0.05) is 6.92 Å². The number of carbonyl (C=O) groups excluding carboxylic acids is 2. The van der Waals surface area contributed by atoms with Crippen molar-refractivity contribution in [2.24, 2.45) is 5.92 Å². The molecule has 3 amide bonds. The van der Waals surface area contributed by atoms with Crippen molar-refractivity contribution in [2.45, 2.75) is 19.8 Å². The van der Waals surface area contributed by atoms with Crippen molar-refractivity contribution in [3.63, 3.8) is 0 Å². The van der Waals surface area contributed by atoms with Crippen LogP contribution in [0.25, 0.3) is 0 Å². The van der Waals surface area contributed by atoms with Crippen LogP contribution >= 0.6 is 0 Å². The number of carbonyl (C=O) groups is 3. The second-order valence-corrected chi connectivity index (χ2v) is 3.79. The molecule has 0 heterocycles. The number of hydrogen-bond acceptors (Lipinski definition) is 4. The van der Waals surface area contributed by atoms with E-state index in [1.807, 2.05) is 0 Å². The molecule has 0 spiro atoms. The summed E-state index contributed by atoms with van der Waals surface area (Å²) in [5.41, 5.74) is 2.33. The third-order valence-electron chi connectivity index (χ3n) is 1.64. The Bertz CT molecular complexity index is 278. The largest absolute Gasteiger partial charge is 0.481 e. The summed E-state index contributed by atoms with van der Waals surface area (Å²) in [5.74, 6) is -1.75. The zero-order chi connectivity index (χ0) is 12.7. The molecule has 0 aromatic heterocycles. The predicted molar refractivity (Wildman–Crippen MR) is 56.4 cm³/mol. The minimum Gasteiger partial charge on any atom is -0.481 e. The van der Waals surface area contributed by atoms with E-state index in [9.17, 15) is 14.4 Å². The first kappa shape index (κ1) is 14.4. The van der Waals surface area contributed by atoms with Crippen LogP contribution in [-0.4, -0.2) is 42.1 Å². The Morgan fingerprint density at radius 1 is 1.25 bits per heavy atom. The molecule has 1 atom stereocenters. The maximum Gasteiger partial charge on any atom is 0.335 e. The van der Waals surface area contributed by atoms with Crippen molar-refractivity contribution < 1.29 is 19.5 Å². The summed E-state index contributed by atoms with van der Waals surface area (Å²) in [5, 5.41) is 12.0. The van der Waals surface area contributed by atoms with Crippen LogP contribution in [0.2, 0.25) is 0 Å². The van der Waals surface area contributed by atoms with E-state index in [2.05, 4.69) is 10.7 Å². The van der Waals surface area contributed by atoms with Gasteiger partial charge in [0.15, 0.2) is 0 Å². The van der Waals surface area contributed by atoms with Gasteiger partial charge in [-0.05, 0) is 5.92 Å². The maximum absolute atomic E-state index is 11.2. The van der Waals surface area contributed by atoms with Crippen LogP contribution in [0.5, 0.6) is 0 Å². The van der Waals surface area contributed by atoms with Crippen LogP contribution in [0.3, 0.4) is 0 Å². The van der Waals surface area contributed by atoms with Gasteiger partial charge in [-0.15, -0.1) is 0 Å². The van der Waals surface area contributed by atoms with Gasteiger partial charge in [0, 0.05) is 26.9 Å². The molecule has 0 radical (unpaired) electrons. The zero-order valence-corrected chi connectivity index (χ0v) is 9.61. The predicted octanol–water partition coefficient (Wildman–Crippen LogP) is -0.210. The number of amides is 3. The average Bonchev–Trinajstić information content (AvgIpc) is 1.97. The van der Waals surface area contributed by atoms with Gasteiger partial charge in [-0.25, -0.2) is 9.80 Å². The second-order valence-electron chi connectivity index (χ2n) is 3.79. The molecule has 0 rings (SSSR count). The monoisotopic (exact) mass is 231 g/mol. The Morgan fingerprint density at radius 2 is 1.81 bits per heavy atom. The van der Waals surface area contributed by atoms with Gasteiger partial charge in [0.1, 0.15) is 0 Å². The number of rotatable bonds is 5. The lowest BCUT2D eigenvalue weighted by Gasteiger charge is -2.13. The van der Waals surface area contributed by atoms with Gasteiger partial charge < -0.3 is 5.11 Å². The molecule has 0 bridgehead atoms. The number of imide groups is 1. The molecule has 7 nitrogen and oxygen atoms in total. The quantitative estimate of drug-likeness (QED) is 0.569.